The minimum Gasteiger partial charge on any atom is -0.347 e. The molecule has 33 heavy (non-hydrogen) atoms. The van der Waals surface area contributed by atoms with E-state index in [0.717, 1.165) is 4.90 Å². The van der Waals surface area contributed by atoms with Crippen molar-refractivity contribution in [3.8, 4) is 0 Å². The molecule has 3 aromatic rings. The standard InChI is InChI=1S/C22H19N5O6/c28-16(9-4-10-27-21(32)12-5-1-2-6-13(12)22(27)33)23-11-17(29)24-15-8-3-7-14-18(15)20(31)26-25-19(14)30/h1-3,5-8H,4,9-11H2,(H,23,28)(H,24,29)(H,25,30)(H,26,31). The summed E-state index contributed by atoms with van der Waals surface area (Å²) in [6.45, 7) is -0.275. The van der Waals surface area contributed by atoms with Crippen LogP contribution in [0.1, 0.15) is 33.6 Å². The van der Waals surface area contributed by atoms with E-state index >= 15 is 0 Å². The molecule has 0 fully saturated rings. The summed E-state index contributed by atoms with van der Waals surface area (Å²) in [5.74, 6) is -1.80. The number of aromatic nitrogens is 2. The maximum atomic E-state index is 12.3. The van der Waals surface area contributed by atoms with Crippen molar-refractivity contribution in [3.63, 3.8) is 0 Å². The van der Waals surface area contributed by atoms with Crippen molar-refractivity contribution in [3.05, 3.63) is 74.3 Å². The minimum absolute atomic E-state index is 0.00397. The first kappa shape index (κ1) is 21.7. The molecule has 0 atom stereocenters. The highest BCUT2D eigenvalue weighted by Gasteiger charge is 2.34. The molecule has 0 spiro atoms. The molecule has 11 heteroatoms. The molecule has 0 saturated heterocycles. The number of nitrogens with zero attached hydrogens (tertiary/aromatic N) is 1. The van der Waals surface area contributed by atoms with Crippen molar-refractivity contribution >= 4 is 40.1 Å². The van der Waals surface area contributed by atoms with Gasteiger partial charge in [0.05, 0.1) is 34.1 Å². The number of carbonyl (C=O) groups is 4. The van der Waals surface area contributed by atoms with Crippen LogP contribution in [0.15, 0.2) is 52.1 Å². The normalized spacial score (nSPS) is 12.7. The van der Waals surface area contributed by atoms with E-state index in [1.165, 1.54) is 18.2 Å². The van der Waals surface area contributed by atoms with Gasteiger partial charge in [-0.3, -0.25) is 43.9 Å². The molecule has 2 heterocycles. The lowest BCUT2D eigenvalue weighted by Gasteiger charge is -2.13. The van der Waals surface area contributed by atoms with E-state index in [4.69, 9.17) is 0 Å². The molecule has 0 aliphatic carbocycles. The Labute approximate surface area is 185 Å². The van der Waals surface area contributed by atoms with E-state index < -0.39 is 22.9 Å². The third kappa shape index (κ3) is 4.28. The van der Waals surface area contributed by atoms with Gasteiger partial charge in [0.2, 0.25) is 11.8 Å². The lowest BCUT2D eigenvalue weighted by atomic mass is 10.1. The number of fused-ring (bicyclic) bond motifs is 2. The number of H-pyrrole nitrogens is 2. The van der Waals surface area contributed by atoms with E-state index in [1.54, 1.807) is 24.3 Å². The zero-order valence-electron chi connectivity index (χ0n) is 17.3. The van der Waals surface area contributed by atoms with Crippen molar-refractivity contribution < 1.29 is 19.2 Å². The Balaban J connectivity index is 1.28. The number of amides is 4. The summed E-state index contributed by atoms with van der Waals surface area (Å²) in [5.41, 5.74) is -0.245. The van der Waals surface area contributed by atoms with E-state index in [2.05, 4.69) is 20.8 Å². The third-order valence-corrected chi connectivity index (χ3v) is 5.21. The Kier molecular flexibility index (Phi) is 5.85. The fourth-order valence-electron chi connectivity index (χ4n) is 3.64. The Bertz CT molecular complexity index is 1370. The van der Waals surface area contributed by atoms with Crippen LogP contribution in [0.25, 0.3) is 10.8 Å². The molecule has 1 aromatic heterocycles. The topological polar surface area (TPSA) is 161 Å². The van der Waals surface area contributed by atoms with Crippen LogP contribution in [0.2, 0.25) is 0 Å². The Morgan fingerprint density at radius 1 is 0.818 bits per heavy atom. The average molecular weight is 449 g/mol. The largest absolute Gasteiger partial charge is 0.347 e. The summed E-state index contributed by atoms with van der Waals surface area (Å²) in [5, 5.41) is 9.51. The predicted molar refractivity (Wildman–Crippen MR) is 118 cm³/mol. The molecule has 4 N–H and O–H groups in total. The summed E-state index contributed by atoms with van der Waals surface area (Å²) < 4.78 is 0. The average Bonchev–Trinajstić information content (AvgIpc) is 3.05. The first-order valence-corrected chi connectivity index (χ1v) is 10.1. The molecule has 0 bridgehead atoms. The summed E-state index contributed by atoms with van der Waals surface area (Å²) >= 11 is 0. The highest BCUT2D eigenvalue weighted by atomic mass is 16.2. The van der Waals surface area contributed by atoms with Crippen molar-refractivity contribution in [1.82, 2.24) is 20.4 Å². The zero-order chi connectivity index (χ0) is 23.5. The van der Waals surface area contributed by atoms with E-state index in [0.29, 0.717) is 11.1 Å². The lowest BCUT2D eigenvalue weighted by Crippen LogP contribution is -2.34. The summed E-state index contributed by atoms with van der Waals surface area (Å²) in [4.78, 5) is 73.9. The zero-order valence-corrected chi connectivity index (χ0v) is 17.3. The van der Waals surface area contributed by atoms with Crippen molar-refractivity contribution in [1.29, 1.82) is 0 Å². The molecule has 1 aliphatic rings. The van der Waals surface area contributed by atoms with Crippen LogP contribution in [0.4, 0.5) is 5.69 Å². The first-order chi connectivity index (χ1) is 15.9. The number of hydrogen-bond donors (Lipinski definition) is 4. The van der Waals surface area contributed by atoms with Gasteiger partial charge in [0, 0.05) is 13.0 Å². The number of rotatable bonds is 7. The second kappa shape index (κ2) is 8.91. The van der Waals surface area contributed by atoms with Crippen LogP contribution in [0.3, 0.4) is 0 Å². The fraction of sp³-hybridized carbons (Fsp3) is 0.182. The summed E-state index contributed by atoms with van der Waals surface area (Å²) in [6, 6.07) is 11.0. The number of anilines is 1. The van der Waals surface area contributed by atoms with Gasteiger partial charge in [0.15, 0.2) is 0 Å². The van der Waals surface area contributed by atoms with Crippen molar-refractivity contribution in [2.24, 2.45) is 0 Å². The number of benzene rings is 2. The van der Waals surface area contributed by atoms with Crippen molar-refractivity contribution in [2.75, 3.05) is 18.4 Å². The summed E-state index contributed by atoms with van der Waals surface area (Å²) in [7, 11) is 0. The van der Waals surface area contributed by atoms with E-state index in [9.17, 15) is 28.8 Å². The lowest BCUT2D eigenvalue weighted by molar-refractivity contribution is -0.124. The van der Waals surface area contributed by atoms with Gasteiger partial charge in [0.1, 0.15) is 0 Å². The second-order valence-electron chi connectivity index (χ2n) is 7.37. The SMILES string of the molecule is O=C(CCCN1C(=O)c2ccccc2C1=O)NCC(=O)Nc1cccc2c(=O)[nH][nH]c(=O)c12. The van der Waals surface area contributed by atoms with Gasteiger partial charge in [-0.15, -0.1) is 0 Å². The molecule has 2 aromatic carbocycles. The maximum Gasteiger partial charge on any atom is 0.272 e. The quantitative estimate of drug-likeness (QED) is 0.381. The van der Waals surface area contributed by atoms with Crippen LogP contribution in [-0.2, 0) is 9.59 Å². The molecule has 4 rings (SSSR count). The number of aromatic amines is 2. The van der Waals surface area contributed by atoms with Gasteiger partial charge in [-0.25, -0.2) is 0 Å². The highest BCUT2D eigenvalue weighted by molar-refractivity contribution is 6.21. The van der Waals surface area contributed by atoms with Crippen LogP contribution in [0, 0.1) is 0 Å². The van der Waals surface area contributed by atoms with Crippen LogP contribution < -0.4 is 21.8 Å². The second-order valence-corrected chi connectivity index (χ2v) is 7.37. The smallest absolute Gasteiger partial charge is 0.272 e. The molecule has 168 valence electrons. The molecule has 1 aliphatic heterocycles. The van der Waals surface area contributed by atoms with Gasteiger partial charge in [0.25, 0.3) is 22.9 Å². The summed E-state index contributed by atoms with van der Waals surface area (Å²) in [6.07, 6.45) is 0.240. The van der Waals surface area contributed by atoms with Gasteiger partial charge < -0.3 is 10.6 Å². The number of carbonyl (C=O) groups excluding carboxylic acids is 4. The molecule has 0 unspecified atom stereocenters. The first-order valence-electron chi connectivity index (χ1n) is 10.1. The van der Waals surface area contributed by atoms with E-state index in [1.807, 2.05) is 0 Å². The monoisotopic (exact) mass is 449 g/mol. The maximum absolute atomic E-state index is 12.3. The van der Waals surface area contributed by atoms with Gasteiger partial charge in [-0.05, 0) is 30.7 Å². The molecule has 0 saturated carbocycles. The van der Waals surface area contributed by atoms with Crippen LogP contribution >= 0.6 is 0 Å². The molecular formula is C22H19N5O6. The fourth-order valence-corrected chi connectivity index (χ4v) is 3.64. The van der Waals surface area contributed by atoms with Gasteiger partial charge in [-0.2, -0.15) is 0 Å². The third-order valence-electron chi connectivity index (χ3n) is 5.21. The number of hydrogen-bond acceptors (Lipinski definition) is 6. The number of imide groups is 1. The number of nitrogens with one attached hydrogen (secondary N) is 4. The Morgan fingerprint density at radius 2 is 1.48 bits per heavy atom. The predicted octanol–water partition coefficient (Wildman–Crippen LogP) is 0.348. The van der Waals surface area contributed by atoms with Gasteiger partial charge >= 0.3 is 0 Å². The highest BCUT2D eigenvalue weighted by Crippen LogP contribution is 2.22. The van der Waals surface area contributed by atoms with Crippen molar-refractivity contribution in [2.45, 2.75) is 12.8 Å². The molecule has 0 radical (unpaired) electrons. The Morgan fingerprint density at radius 3 is 2.18 bits per heavy atom. The van der Waals surface area contributed by atoms with Crippen LogP contribution in [-0.4, -0.2) is 51.8 Å². The Hall–Kier alpha value is -4.54. The minimum atomic E-state index is -0.587. The molecule has 4 amide bonds. The van der Waals surface area contributed by atoms with E-state index in [-0.39, 0.29) is 54.2 Å². The van der Waals surface area contributed by atoms with Gasteiger partial charge in [-0.1, -0.05) is 18.2 Å². The molecule has 11 nitrogen and oxygen atoms in total. The molecular weight excluding hydrogens is 430 g/mol. The van der Waals surface area contributed by atoms with Crippen LogP contribution in [0.5, 0.6) is 0 Å².